The third kappa shape index (κ3) is 6.46. The summed E-state index contributed by atoms with van der Waals surface area (Å²) in [6.45, 7) is 2.42. The molecular weight excluding hydrogens is 500 g/mol. The van der Waals surface area contributed by atoms with Crippen LogP contribution < -0.4 is 21.9 Å². The molecule has 4 rings (SSSR count). The van der Waals surface area contributed by atoms with Crippen molar-refractivity contribution in [3.63, 3.8) is 0 Å². The average Bonchev–Trinajstić information content (AvgIpc) is 2.91. The van der Waals surface area contributed by atoms with Crippen molar-refractivity contribution in [3.8, 4) is 11.3 Å². The Balaban J connectivity index is 1.58. The molecule has 0 bridgehead atoms. The molecular formula is C29H29ClN6O2. The zero-order chi connectivity index (χ0) is 27.1. The Morgan fingerprint density at radius 1 is 1.00 bits per heavy atom. The molecule has 1 aromatic heterocycles. The molecule has 0 aliphatic heterocycles. The molecule has 1 amide bonds. The number of aromatic nitrogens is 2. The number of amidine groups is 1. The third-order valence-electron chi connectivity index (χ3n) is 6.13. The van der Waals surface area contributed by atoms with Crippen LogP contribution in [0.4, 0.5) is 5.82 Å². The Hall–Kier alpha value is -4.43. The lowest BCUT2D eigenvalue weighted by atomic mass is 10.1. The molecule has 4 aromatic rings. The van der Waals surface area contributed by atoms with Crippen molar-refractivity contribution in [3.05, 3.63) is 117 Å². The van der Waals surface area contributed by atoms with Gasteiger partial charge in [0.15, 0.2) is 11.0 Å². The summed E-state index contributed by atoms with van der Waals surface area (Å²) in [6, 6.07) is 24.4. The first-order valence-electron chi connectivity index (χ1n) is 12.2. The van der Waals surface area contributed by atoms with E-state index >= 15 is 0 Å². The Labute approximate surface area is 226 Å². The number of carbonyl (C=O) groups excluding carboxylic acids is 1. The van der Waals surface area contributed by atoms with Crippen LogP contribution >= 0.6 is 11.6 Å². The second-order valence-corrected chi connectivity index (χ2v) is 9.21. The van der Waals surface area contributed by atoms with Crippen LogP contribution in [0.25, 0.3) is 11.3 Å². The number of hydrogen-bond acceptors (Lipinski definition) is 5. The second-order valence-electron chi connectivity index (χ2n) is 8.86. The van der Waals surface area contributed by atoms with Crippen LogP contribution in [0.2, 0.25) is 5.15 Å². The lowest BCUT2D eigenvalue weighted by molar-refractivity contribution is -0.121. The standard InChI is InChI=1S/C29H29ClN6O2/c1-19-7-5-6-10-23(19)25-26(30)35-28(33-16-15-20-8-3-2-4-9-20)29(38)36(25)18-24(37)34-17-21-11-13-22(14-12-21)27(31)32/h2-14H,15-18H2,1H3,(H3,31,32)(H,33,35)(H,34,37). The van der Waals surface area contributed by atoms with Gasteiger partial charge in [-0.3, -0.25) is 19.6 Å². The molecule has 0 unspecified atom stereocenters. The van der Waals surface area contributed by atoms with Gasteiger partial charge in [0.05, 0.1) is 5.69 Å². The minimum Gasteiger partial charge on any atom is -0.384 e. The van der Waals surface area contributed by atoms with Gasteiger partial charge in [-0.05, 0) is 30.0 Å². The minimum absolute atomic E-state index is 0.0218. The maximum absolute atomic E-state index is 13.5. The molecule has 9 heteroatoms. The lowest BCUT2D eigenvalue weighted by Crippen LogP contribution is -2.35. The van der Waals surface area contributed by atoms with Crippen LogP contribution in [-0.4, -0.2) is 27.8 Å². The zero-order valence-electron chi connectivity index (χ0n) is 21.0. The summed E-state index contributed by atoms with van der Waals surface area (Å²) >= 11 is 6.64. The molecule has 0 saturated carbocycles. The van der Waals surface area contributed by atoms with E-state index < -0.39 is 5.56 Å². The van der Waals surface area contributed by atoms with E-state index in [4.69, 9.17) is 22.7 Å². The number of nitrogen functional groups attached to an aromatic ring is 1. The van der Waals surface area contributed by atoms with E-state index in [1.165, 1.54) is 4.57 Å². The number of aryl methyl sites for hydroxylation is 1. The molecule has 0 atom stereocenters. The van der Waals surface area contributed by atoms with Gasteiger partial charge in [0, 0.05) is 24.2 Å². The van der Waals surface area contributed by atoms with Crippen molar-refractivity contribution >= 4 is 29.2 Å². The van der Waals surface area contributed by atoms with E-state index in [2.05, 4.69) is 15.6 Å². The highest BCUT2D eigenvalue weighted by Crippen LogP contribution is 2.29. The van der Waals surface area contributed by atoms with Crippen molar-refractivity contribution in [2.45, 2.75) is 26.4 Å². The normalized spacial score (nSPS) is 10.7. The van der Waals surface area contributed by atoms with Gasteiger partial charge in [-0.25, -0.2) is 4.98 Å². The molecule has 38 heavy (non-hydrogen) atoms. The molecule has 0 aliphatic carbocycles. The van der Waals surface area contributed by atoms with E-state index in [1.54, 1.807) is 24.3 Å². The molecule has 0 spiro atoms. The van der Waals surface area contributed by atoms with Gasteiger partial charge in [0.2, 0.25) is 5.91 Å². The fraction of sp³-hybridized carbons (Fsp3) is 0.172. The van der Waals surface area contributed by atoms with Crippen molar-refractivity contribution in [1.29, 1.82) is 5.41 Å². The molecule has 3 aromatic carbocycles. The number of benzene rings is 3. The number of anilines is 1. The van der Waals surface area contributed by atoms with Crippen LogP contribution in [0.5, 0.6) is 0 Å². The zero-order valence-corrected chi connectivity index (χ0v) is 21.8. The van der Waals surface area contributed by atoms with E-state index in [9.17, 15) is 9.59 Å². The van der Waals surface area contributed by atoms with Gasteiger partial charge < -0.3 is 16.4 Å². The monoisotopic (exact) mass is 528 g/mol. The van der Waals surface area contributed by atoms with Crippen molar-refractivity contribution in [2.24, 2.45) is 5.73 Å². The number of nitrogens with two attached hydrogens (primary N) is 1. The first kappa shape index (κ1) is 26.6. The fourth-order valence-corrected chi connectivity index (χ4v) is 4.36. The highest BCUT2D eigenvalue weighted by molar-refractivity contribution is 6.32. The van der Waals surface area contributed by atoms with Crippen molar-refractivity contribution in [1.82, 2.24) is 14.9 Å². The quantitative estimate of drug-likeness (QED) is 0.182. The summed E-state index contributed by atoms with van der Waals surface area (Å²) in [5, 5.41) is 13.6. The molecule has 8 nitrogen and oxygen atoms in total. The van der Waals surface area contributed by atoms with E-state index in [0.29, 0.717) is 24.2 Å². The fourth-order valence-electron chi connectivity index (χ4n) is 4.07. The number of carbonyl (C=O) groups is 1. The summed E-state index contributed by atoms with van der Waals surface area (Å²) in [4.78, 5) is 30.9. The average molecular weight is 529 g/mol. The first-order chi connectivity index (χ1) is 18.3. The maximum Gasteiger partial charge on any atom is 0.294 e. The molecule has 1 heterocycles. The highest BCUT2D eigenvalue weighted by Gasteiger charge is 2.20. The smallest absolute Gasteiger partial charge is 0.294 e. The number of nitrogens with zero attached hydrogens (tertiary/aromatic N) is 2. The lowest BCUT2D eigenvalue weighted by Gasteiger charge is -2.18. The Kier molecular flexibility index (Phi) is 8.55. The molecule has 0 aliphatic rings. The van der Waals surface area contributed by atoms with Crippen LogP contribution in [0.1, 0.15) is 22.3 Å². The largest absolute Gasteiger partial charge is 0.384 e. The third-order valence-corrected chi connectivity index (χ3v) is 6.39. The van der Waals surface area contributed by atoms with Crippen LogP contribution in [0.3, 0.4) is 0 Å². The van der Waals surface area contributed by atoms with Crippen molar-refractivity contribution in [2.75, 3.05) is 11.9 Å². The maximum atomic E-state index is 13.5. The van der Waals surface area contributed by atoms with Gasteiger partial charge in [-0.1, -0.05) is 90.5 Å². The van der Waals surface area contributed by atoms with Crippen LogP contribution in [-0.2, 0) is 24.3 Å². The molecule has 0 radical (unpaired) electrons. The molecule has 0 saturated heterocycles. The Morgan fingerprint density at radius 2 is 1.68 bits per heavy atom. The van der Waals surface area contributed by atoms with Gasteiger partial charge in [0.1, 0.15) is 12.4 Å². The number of halogens is 1. The van der Waals surface area contributed by atoms with E-state index in [1.807, 2.05) is 61.5 Å². The van der Waals surface area contributed by atoms with E-state index in [-0.39, 0.29) is 35.8 Å². The summed E-state index contributed by atoms with van der Waals surface area (Å²) in [6.07, 6.45) is 0.696. The summed E-state index contributed by atoms with van der Waals surface area (Å²) in [7, 11) is 0. The van der Waals surface area contributed by atoms with E-state index in [0.717, 1.165) is 22.3 Å². The second kappa shape index (κ2) is 12.2. The molecule has 5 N–H and O–H groups in total. The van der Waals surface area contributed by atoms with Crippen molar-refractivity contribution < 1.29 is 4.79 Å². The Bertz CT molecular complexity index is 1500. The minimum atomic E-state index is -0.429. The van der Waals surface area contributed by atoms with Gasteiger partial charge >= 0.3 is 0 Å². The van der Waals surface area contributed by atoms with Crippen LogP contribution in [0.15, 0.2) is 83.7 Å². The first-order valence-corrected chi connectivity index (χ1v) is 12.6. The van der Waals surface area contributed by atoms with Gasteiger partial charge in [-0.15, -0.1) is 0 Å². The predicted octanol–water partition coefficient (Wildman–Crippen LogP) is 4.13. The molecule has 194 valence electrons. The SMILES string of the molecule is Cc1ccccc1-c1c(Cl)nc(NCCc2ccccc2)c(=O)n1CC(=O)NCc1ccc(C(=N)N)cc1. The van der Waals surface area contributed by atoms with Crippen LogP contribution in [0, 0.1) is 12.3 Å². The number of amides is 1. The Morgan fingerprint density at radius 3 is 2.37 bits per heavy atom. The number of nitrogens with one attached hydrogen (secondary N) is 3. The van der Waals surface area contributed by atoms with Gasteiger partial charge in [0.25, 0.3) is 5.56 Å². The predicted molar refractivity (Wildman–Crippen MR) is 152 cm³/mol. The summed E-state index contributed by atoms with van der Waals surface area (Å²) in [5.41, 5.74) is 9.66. The summed E-state index contributed by atoms with van der Waals surface area (Å²) < 4.78 is 1.37. The highest BCUT2D eigenvalue weighted by atomic mass is 35.5. The van der Waals surface area contributed by atoms with Gasteiger partial charge in [-0.2, -0.15) is 0 Å². The summed E-state index contributed by atoms with van der Waals surface area (Å²) in [5.74, 6) is -0.280. The molecule has 0 fully saturated rings. The topological polar surface area (TPSA) is 126 Å². The number of hydrogen-bond donors (Lipinski definition) is 4. The number of rotatable bonds is 10.